The summed E-state index contributed by atoms with van der Waals surface area (Å²) in [6.45, 7) is 3.07. The van der Waals surface area contributed by atoms with Gasteiger partial charge in [-0.25, -0.2) is 8.78 Å². The number of pyridine rings is 1. The third-order valence-electron chi connectivity index (χ3n) is 6.60. The highest BCUT2D eigenvalue weighted by molar-refractivity contribution is 7.12. The smallest absolute Gasteiger partial charge is 0.264 e. The number of benzene rings is 1. The highest BCUT2D eigenvalue weighted by atomic mass is 32.1. The maximum Gasteiger partial charge on any atom is 0.264 e. The zero-order valence-corrected chi connectivity index (χ0v) is 20.0. The summed E-state index contributed by atoms with van der Waals surface area (Å²) < 4.78 is 28.0. The molecule has 8 heteroatoms. The molecule has 0 spiro atoms. The van der Waals surface area contributed by atoms with Gasteiger partial charge >= 0.3 is 0 Å². The monoisotopic (exact) mass is 483 g/mol. The van der Waals surface area contributed by atoms with Crippen LogP contribution < -0.4 is 0 Å². The Morgan fingerprint density at radius 1 is 1.21 bits per heavy atom. The molecule has 0 unspecified atom stereocenters. The Morgan fingerprint density at radius 2 is 1.97 bits per heavy atom. The van der Waals surface area contributed by atoms with E-state index in [0.29, 0.717) is 37.1 Å². The number of thiophene rings is 1. The van der Waals surface area contributed by atoms with Crippen LogP contribution in [0.1, 0.15) is 44.0 Å². The van der Waals surface area contributed by atoms with Gasteiger partial charge < -0.3 is 9.80 Å². The van der Waals surface area contributed by atoms with Crippen molar-refractivity contribution in [2.45, 2.75) is 32.2 Å². The number of aryl methyl sites for hydroxylation is 1. The summed E-state index contributed by atoms with van der Waals surface area (Å²) in [4.78, 5) is 34.4. The summed E-state index contributed by atoms with van der Waals surface area (Å²) in [5, 5.41) is 1.92. The van der Waals surface area contributed by atoms with E-state index in [9.17, 15) is 18.4 Å². The van der Waals surface area contributed by atoms with E-state index in [1.807, 2.05) is 23.3 Å². The van der Waals surface area contributed by atoms with Crippen molar-refractivity contribution in [1.29, 1.82) is 0 Å². The van der Waals surface area contributed by atoms with Crippen LogP contribution in [0.2, 0.25) is 0 Å². The summed E-state index contributed by atoms with van der Waals surface area (Å²) >= 11 is 1.45. The lowest BCUT2D eigenvalue weighted by molar-refractivity contribution is 0.0523. The number of amides is 2. The van der Waals surface area contributed by atoms with E-state index in [0.717, 1.165) is 16.5 Å². The number of carbonyl (C=O) groups excluding carboxylic acids is 2. The molecule has 1 saturated heterocycles. The van der Waals surface area contributed by atoms with Crippen LogP contribution in [0.25, 0.3) is 0 Å². The Morgan fingerprint density at radius 3 is 2.59 bits per heavy atom. The van der Waals surface area contributed by atoms with Crippen LogP contribution >= 0.6 is 11.3 Å². The predicted molar refractivity (Wildman–Crippen MR) is 128 cm³/mol. The molecule has 3 heterocycles. The van der Waals surface area contributed by atoms with Gasteiger partial charge in [0.1, 0.15) is 11.6 Å². The zero-order valence-electron chi connectivity index (χ0n) is 19.2. The first-order valence-corrected chi connectivity index (χ1v) is 12.2. The van der Waals surface area contributed by atoms with Crippen molar-refractivity contribution in [2.75, 3.05) is 20.1 Å². The van der Waals surface area contributed by atoms with Crippen molar-refractivity contribution in [2.24, 2.45) is 5.92 Å². The van der Waals surface area contributed by atoms with Crippen LogP contribution in [0, 0.1) is 24.5 Å². The number of hydrogen-bond acceptors (Lipinski definition) is 4. The van der Waals surface area contributed by atoms with Gasteiger partial charge in [0.2, 0.25) is 0 Å². The average molecular weight is 484 g/mol. The van der Waals surface area contributed by atoms with Crippen LogP contribution in [-0.4, -0.2) is 52.8 Å². The SMILES string of the molecule is Cc1ccsc1C(=O)N1CCC([C@H](Cc2ccc(F)cc2F)N(C)C(=O)c2cccnc2)CC1. The molecule has 1 aromatic carbocycles. The van der Waals surface area contributed by atoms with E-state index < -0.39 is 11.6 Å². The van der Waals surface area contributed by atoms with Gasteiger partial charge in [0.25, 0.3) is 11.8 Å². The topological polar surface area (TPSA) is 53.5 Å². The molecule has 0 aliphatic carbocycles. The van der Waals surface area contributed by atoms with Crippen LogP contribution in [-0.2, 0) is 6.42 Å². The minimum atomic E-state index is -0.631. The highest BCUT2D eigenvalue weighted by Gasteiger charge is 2.34. The van der Waals surface area contributed by atoms with Gasteiger partial charge in [0, 0.05) is 44.6 Å². The zero-order chi connectivity index (χ0) is 24.2. The van der Waals surface area contributed by atoms with E-state index in [2.05, 4.69) is 4.98 Å². The molecule has 3 aromatic rings. The molecule has 5 nitrogen and oxygen atoms in total. The Balaban J connectivity index is 1.53. The molecule has 2 aromatic heterocycles. The van der Waals surface area contributed by atoms with E-state index in [4.69, 9.17) is 0 Å². The van der Waals surface area contributed by atoms with Gasteiger partial charge in [-0.2, -0.15) is 0 Å². The summed E-state index contributed by atoms with van der Waals surface area (Å²) in [5.74, 6) is -1.36. The Bertz CT molecular complexity index is 1160. The molecular formula is C26H27F2N3O2S. The van der Waals surface area contributed by atoms with Crippen molar-refractivity contribution in [1.82, 2.24) is 14.8 Å². The molecule has 0 N–H and O–H groups in total. The highest BCUT2D eigenvalue weighted by Crippen LogP contribution is 2.29. The second-order valence-electron chi connectivity index (χ2n) is 8.73. The van der Waals surface area contributed by atoms with E-state index in [1.165, 1.54) is 29.7 Å². The van der Waals surface area contributed by atoms with Gasteiger partial charge in [-0.05, 0) is 72.9 Å². The Hall–Kier alpha value is -3.13. The summed E-state index contributed by atoms with van der Waals surface area (Å²) in [5.41, 5.74) is 1.80. The van der Waals surface area contributed by atoms with Crippen LogP contribution in [0.4, 0.5) is 8.78 Å². The number of likely N-dealkylation sites (tertiary alicyclic amines) is 1. The van der Waals surface area contributed by atoms with E-state index in [-0.39, 0.29) is 30.2 Å². The van der Waals surface area contributed by atoms with Gasteiger partial charge in [0.05, 0.1) is 10.4 Å². The number of likely N-dealkylation sites (N-methyl/N-ethyl adjacent to an activating group) is 1. The lowest BCUT2D eigenvalue weighted by Crippen LogP contribution is -2.48. The number of hydrogen-bond donors (Lipinski definition) is 0. The third kappa shape index (κ3) is 5.17. The fourth-order valence-electron chi connectivity index (χ4n) is 4.60. The second kappa shape index (κ2) is 10.4. The predicted octanol–water partition coefficient (Wildman–Crippen LogP) is 4.97. The second-order valence-corrected chi connectivity index (χ2v) is 9.64. The lowest BCUT2D eigenvalue weighted by Gasteiger charge is -2.40. The van der Waals surface area contributed by atoms with Crippen molar-refractivity contribution >= 4 is 23.2 Å². The first kappa shape index (κ1) is 24.0. The lowest BCUT2D eigenvalue weighted by atomic mass is 9.84. The van der Waals surface area contributed by atoms with Crippen LogP contribution in [0.5, 0.6) is 0 Å². The molecule has 2 amide bonds. The molecule has 1 aliphatic heterocycles. The molecule has 1 fully saturated rings. The molecule has 4 rings (SSSR count). The number of rotatable bonds is 6. The number of piperidine rings is 1. The molecule has 178 valence electrons. The molecular weight excluding hydrogens is 456 g/mol. The first-order chi connectivity index (χ1) is 16.3. The number of halogens is 2. The maximum atomic E-state index is 14.5. The largest absolute Gasteiger partial charge is 0.338 e. The van der Waals surface area contributed by atoms with Gasteiger partial charge in [-0.1, -0.05) is 6.07 Å². The third-order valence-corrected chi connectivity index (χ3v) is 7.60. The molecule has 0 bridgehead atoms. The normalized spacial score (nSPS) is 15.2. The van der Waals surface area contributed by atoms with Crippen molar-refractivity contribution < 1.29 is 18.4 Å². The standard InChI is InChI=1S/C26H27F2N3O2S/c1-17-9-13-34-24(17)26(33)31-11-7-18(8-12-31)23(14-19-5-6-21(27)15-22(19)28)30(2)25(32)20-4-3-10-29-16-20/h3-6,9-10,13,15-16,18,23H,7-8,11-12,14H2,1-2H3/t23-/m0/s1. The van der Waals surface area contributed by atoms with Gasteiger partial charge in [-0.3, -0.25) is 14.6 Å². The van der Waals surface area contributed by atoms with Crippen molar-refractivity contribution in [3.63, 3.8) is 0 Å². The quantitative estimate of drug-likeness (QED) is 0.498. The Kier molecular flexibility index (Phi) is 7.36. The van der Waals surface area contributed by atoms with Crippen LogP contribution in [0.15, 0.2) is 54.2 Å². The molecule has 1 aliphatic rings. The molecule has 1 atom stereocenters. The average Bonchev–Trinajstić information content (AvgIpc) is 3.28. The molecule has 0 radical (unpaired) electrons. The summed E-state index contributed by atoms with van der Waals surface area (Å²) in [6.07, 6.45) is 4.75. The summed E-state index contributed by atoms with van der Waals surface area (Å²) in [7, 11) is 1.72. The van der Waals surface area contributed by atoms with E-state index >= 15 is 0 Å². The number of aromatic nitrogens is 1. The van der Waals surface area contributed by atoms with E-state index in [1.54, 1.807) is 30.3 Å². The first-order valence-electron chi connectivity index (χ1n) is 11.3. The summed E-state index contributed by atoms with van der Waals surface area (Å²) in [6, 6.07) is 8.59. The number of nitrogens with zero attached hydrogens (tertiary/aromatic N) is 3. The minimum absolute atomic E-state index is 0.0341. The fourth-order valence-corrected chi connectivity index (χ4v) is 5.49. The van der Waals surface area contributed by atoms with Crippen LogP contribution in [0.3, 0.4) is 0 Å². The van der Waals surface area contributed by atoms with Crippen molar-refractivity contribution in [3.05, 3.63) is 87.4 Å². The Labute approximate surface area is 202 Å². The minimum Gasteiger partial charge on any atom is -0.338 e. The molecule has 0 saturated carbocycles. The maximum absolute atomic E-state index is 14.5. The molecule has 34 heavy (non-hydrogen) atoms. The fraction of sp³-hybridized carbons (Fsp3) is 0.346. The number of carbonyl (C=O) groups is 2. The van der Waals surface area contributed by atoms with Gasteiger partial charge in [0.15, 0.2) is 0 Å². The van der Waals surface area contributed by atoms with Gasteiger partial charge in [-0.15, -0.1) is 11.3 Å². The van der Waals surface area contributed by atoms with Crippen molar-refractivity contribution in [3.8, 4) is 0 Å².